The van der Waals surface area contributed by atoms with Gasteiger partial charge in [-0.15, -0.1) is 0 Å². The van der Waals surface area contributed by atoms with Crippen LogP contribution < -0.4 is 5.73 Å². The SMILES string of the molecule is Cc1cc(N)c(C(=O)N2CCCOCC2)cn1. The minimum absolute atomic E-state index is 0.0551. The Balaban J connectivity index is 2.17. The molecule has 1 aromatic heterocycles. The first kappa shape index (κ1) is 11.9. The van der Waals surface area contributed by atoms with E-state index >= 15 is 0 Å². The van der Waals surface area contributed by atoms with Gasteiger partial charge in [-0.1, -0.05) is 0 Å². The molecule has 0 spiro atoms. The van der Waals surface area contributed by atoms with E-state index in [9.17, 15) is 4.79 Å². The standard InChI is InChI=1S/C12H17N3O2/c1-9-7-11(13)10(8-14-9)12(16)15-3-2-5-17-6-4-15/h7-8H,2-6H2,1H3,(H2,13,14). The normalized spacial score (nSPS) is 16.6. The molecule has 1 aliphatic heterocycles. The average molecular weight is 235 g/mol. The summed E-state index contributed by atoms with van der Waals surface area (Å²) < 4.78 is 5.32. The molecule has 5 nitrogen and oxygen atoms in total. The summed E-state index contributed by atoms with van der Waals surface area (Å²) in [5, 5.41) is 0. The number of nitrogens with zero attached hydrogens (tertiary/aromatic N) is 2. The molecule has 1 aliphatic rings. The molecule has 2 N–H and O–H groups in total. The molecule has 2 heterocycles. The molecule has 0 atom stereocenters. The maximum Gasteiger partial charge on any atom is 0.257 e. The van der Waals surface area contributed by atoms with Crippen molar-refractivity contribution < 1.29 is 9.53 Å². The van der Waals surface area contributed by atoms with Crippen LogP contribution in [-0.4, -0.2) is 42.1 Å². The van der Waals surface area contributed by atoms with Crippen LogP contribution in [0.25, 0.3) is 0 Å². The molecular formula is C12H17N3O2. The van der Waals surface area contributed by atoms with E-state index < -0.39 is 0 Å². The molecule has 0 bridgehead atoms. The van der Waals surface area contributed by atoms with Crippen molar-refractivity contribution in [3.8, 4) is 0 Å². The zero-order valence-electron chi connectivity index (χ0n) is 9.98. The smallest absolute Gasteiger partial charge is 0.257 e. The molecule has 1 fully saturated rings. The van der Waals surface area contributed by atoms with Gasteiger partial charge in [-0.05, 0) is 19.4 Å². The number of carbonyl (C=O) groups excluding carboxylic acids is 1. The van der Waals surface area contributed by atoms with Crippen LogP contribution in [0.15, 0.2) is 12.3 Å². The molecule has 17 heavy (non-hydrogen) atoms. The number of pyridine rings is 1. The van der Waals surface area contributed by atoms with Gasteiger partial charge in [0.1, 0.15) is 0 Å². The van der Waals surface area contributed by atoms with Crippen molar-refractivity contribution in [1.29, 1.82) is 0 Å². The predicted molar refractivity (Wildman–Crippen MR) is 64.7 cm³/mol. The molecule has 92 valence electrons. The third-order valence-corrected chi connectivity index (χ3v) is 2.81. The summed E-state index contributed by atoms with van der Waals surface area (Å²) in [6.45, 7) is 4.49. The van der Waals surface area contributed by atoms with Gasteiger partial charge in [0.25, 0.3) is 5.91 Å². The molecule has 0 unspecified atom stereocenters. The highest BCUT2D eigenvalue weighted by molar-refractivity contribution is 5.98. The number of ether oxygens (including phenoxy) is 1. The molecule has 0 radical (unpaired) electrons. The monoisotopic (exact) mass is 235 g/mol. The molecule has 2 rings (SSSR count). The van der Waals surface area contributed by atoms with Gasteiger partial charge in [0, 0.05) is 37.3 Å². The molecule has 1 saturated heterocycles. The Morgan fingerprint density at radius 3 is 3.06 bits per heavy atom. The number of nitrogen functional groups attached to an aromatic ring is 1. The minimum atomic E-state index is -0.0551. The van der Waals surface area contributed by atoms with Crippen LogP contribution in [0, 0.1) is 6.92 Å². The van der Waals surface area contributed by atoms with E-state index in [-0.39, 0.29) is 5.91 Å². The van der Waals surface area contributed by atoms with Crippen LogP contribution in [0.1, 0.15) is 22.5 Å². The highest BCUT2D eigenvalue weighted by Crippen LogP contribution is 2.15. The summed E-state index contributed by atoms with van der Waals surface area (Å²) in [5.74, 6) is -0.0551. The third-order valence-electron chi connectivity index (χ3n) is 2.81. The van der Waals surface area contributed by atoms with Gasteiger partial charge in [0.15, 0.2) is 0 Å². The van der Waals surface area contributed by atoms with Crippen LogP contribution in [0.4, 0.5) is 5.69 Å². The number of nitrogens with two attached hydrogens (primary N) is 1. The second-order valence-electron chi connectivity index (χ2n) is 4.17. The number of hydrogen-bond acceptors (Lipinski definition) is 4. The van der Waals surface area contributed by atoms with Crippen molar-refractivity contribution in [2.45, 2.75) is 13.3 Å². The van der Waals surface area contributed by atoms with Gasteiger partial charge in [-0.3, -0.25) is 9.78 Å². The van der Waals surface area contributed by atoms with Crippen molar-refractivity contribution in [2.75, 3.05) is 32.0 Å². The van der Waals surface area contributed by atoms with E-state index in [1.165, 1.54) is 0 Å². The number of anilines is 1. The zero-order valence-corrected chi connectivity index (χ0v) is 9.98. The molecule has 0 aliphatic carbocycles. The number of aromatic nitrogens is 1. The molecule has 0 aromatic carbocycles. The average Bonchev–Trinajstić information content (AvgIpc) is 2.56. The Morgan fingerprint density at radius 2 is 2.29 bits per heavy atom. The highest BCUT2D eigenvalue weighted by atomic mass is 16.5. The van der Waals surface area contributed by atoms with E-state index in [0.717, 1.165) is 12.1 Å². The van der Waals surface area contributed by atoms with Gasteiger partial charge in [-0.2, -0.15) is 0 Å². The molecule has 1 aromatic rings. The van der Waals surface area contributed by atoms with E-state index in [1.807, 2.05) is 6.92 Å². The summed E-state index contributed by atoms with van der Waals surface area (Å²) in [4.78, 5) is 18.1. The van der Waals surface area contributed by atoms with Gasteiger partial charge in [0.2, 0.25) is 0 Å². The Labute approximate surface area is 101 Å². The second-order valence-corrected chi connectivity index (χ2v) is 4.17. The van der Waals surface area contributed by atoms with Crippen LogP contribution in [0.2, 0.25) is 0 Å². The van der Waals surface area contributed by atoms with Crippen molar-refractivity contribution in [3.63, 3.8) is 0 Å². The lowest BCUT2D eigenvalue weighted by Crippen LogP contribution is -2.33. The molecule has 5 heteroatoms. The van der Waals surface area contributed by atoms with Crippen molar-refractivity contribution >= 4 is 11.6 Å². The van der Waals surface area contributed by atoms with Gasteiger partial charge < -0.3 is 15.4 Å². The maximum absolute atomic E-state index is 12.2. The van der Waals surface area contributed by atoms with Crippen LogP contribution in [0.3, 0.4) is 0 Å². The zero-order chi connectivity index (χ0) is 12.3. The topological polar surface area (TPSA) is 68.5 Å². The number of aryl methyl sites for hydroxylation is 1. The summed E-state index contributed by atoms with van der Waals surface area (Å²) in [7, 11) is 0. The van der Waals surface area contributed by atoms with Crippen molar-refractivity contribution in [2.24, 2.45) is 0 Å². The van der Waals surface area contributed by atoms with E-state index in [4.69, 9.17) is 10.5 Å². The Hall–Kier alpha value is -1.62. The van der Waals surface area contributed by atoms with Crippen molar-refractivity contribution in [1.82, 2.24) is 9.88 Å². The lowest BCUT2D eigenvalue weighted by atomic mass is 10.2. The van der Waals surface area contributed by atoms with Gasteiger partial charge in [0.05, 0.1) is 12.2 Å². The lowest BCUT2D eigenvalue weighted by Gasteiger charge is -2.20. The second kappa shape index (κ2) is 5.14. The summed E-state index contributed by atoms with van der Waals surface area (Å²) in [6.07, 6.45) is 2.42. The number of hydrogen-bond donors (Lipinski definition) is 1. The fourth-order valence-electron chi connectivity index (χ4n) is 1.88. The largest absolute Gasteiger partial charge is 0.398 e. The van der Waals surface area contributed by atoms with E-state index in [1.54, 1.807) is 17.2 Å². The highest BCUT2D eigenvalue weighted by Gasteiger charge is 2.19. The molecule has 1 amide bonds. The summed E-state index contributed by atoms with van der Waals surface area (Å²) in [6, 6.07) is 1.72. The number of rotatable bonds is 1. The fraction of sp³-hybridized carbons (Fsp3) is 0.500. The minimum Gasteiger partial charge on any atom is -0.398 e. The van der Waals surface area contributed by atoms with Crippen LogP contribution >= 0.6 is 0 Å². The molecular weight excluding hydrogens is 218 g/mol. The van der Waals surface area contributed by atoms with Gasteiger partial charge >= 0.3 is 0 Å². The molecule has 0 saturated carbocycles. The first-order chi connectivity index (χ1) is 8.18. The Kier molecular flexibility index (Phi) is 3.58. The summed E-state index contributed by atoms with van der Waals surface area (Å²) in [5.41, 5.74) is 7.64. The Morgan fingerprint density at radius 1 is 1.47 bits per heavy atom. The summed E-state index contributed by atoms with van der Waals surface area (Å²) >= 11 is 0. The number of carbonyl (C=O) groups is 1. The lowest BCUT2D eigenvalue weighted by molar-refractivity contribution is 0.0742. The predicted octanol–water partition coefficient (Wildman–Crippen LogP) is 0.835. The van der Waals surface area contributed by atoms with E-state index in [2.05, 4.69) is 4.98 Å². The Bertz CT molecular complexity index is 412. The third kappa shape index (κ3) is 2.74. The fourth-order valence-corrected chi connectivity index (χ4v) is 1.88. The van der Waals surface area contributed by atoms with Crippen molar-refractivity contribution in [3.05, 3.63) is 23.5 Å². The quantitative estimate of drug-likeness (QED) is 0.783. The first-order valence-corrected chi connectivity index (χ1v) is 5.77. The van der Waals surface area contributed by atoms with Crippen LogP contribution in [-0.2, 0) is 4.74 Å². The van der Waals surface area contributed by atoms with Gasteiger partial charge in [-0.25, -0.2) is 0 Å². The number of amides is 1. The van der Waals surface area contributed by atoms with Crippen LogP contribution in [0.5, 0.6) is 0 Å². The first-order valence-electron chi connectivity index (χ1n) is 5.77. The maximum atomic E-state index is 12.2. The van der Waals surface area contributed by atoms with E-state index in [0.29, 0.717) is 37.6 Å².